The van der Waals surface area contributed by atoms with E-state index in [1.807, 2.05) is 36.4 Å². The van der Waals surface area contributed by atoms with E-state index in [1.54, 1.807) is 17.1 Å². The van der Waals surface area contributed by atoms with Gasteiger partial charge in [-0.3, -0.25) is 0 Å². The van der Waals surface area contributed by atoms with E-state index < -0.39 is 0 Å². The maximum absolute atomic E-state index is 13.0. The summed E-state index contributed by atoms with van der Waals surface area (Å²) in [6.45, 7) is 0.496. The third-order valence-corrected chi connectivity index (χ3v) is 2.82. The van der Waals surface area contributed by atoms with E-state index in [9.17, 15) is 4.39 Å². The van der Waals surface area contributed by atoms with Crippen molar-refractivity contribution in [3.05, 3.63) is 72.3 Å². The summed E-state index contributed by atoms with van der Waals surface area (Å²) in [5.74, 6) is -0.261. The lowest BCUT2D eigenvalue weighted by molar-refractivity contribution is 0.628. The molecule has 0 aliphatic heterocycles. The molecule has 0 unspecified atom stereocenters. The van der Waals surface area contributed by atoms with Gasteiger partial charge in [0.1, 0.15) is 11.5 Å². The highest BCUT2D eigenvalue weighted by atomic mass is 19.1. The molecule has 0 fully saturated rings. The average molecular weight is 268 g/mol. The highest BCUT2D eigenvalue weighted by Gasteiger charge is 2.02. The third-order valence-electron chi connectivity index (χ3n) is 2.82. The molecular weight excluding hydrogens is 255 g/mol. The molecule has 0 atom stereocenters. The smallest absolute Gasteiger partial charge is 0.125 e. The number of halogens is 1. The van der Waals surface area contributed by atoms with Crippen LogP contribution < -0.4 is 5.32 Å². The topological polar surface area (TPSA) is 42.7 Å². The molecule has 0 spiro atoms. The summed E-state index contributed by atoms with van der Waals surface area (Å²) in [4.78, 5) is 1.57. The van der Waals surface area contributed by atoms with Gasteiger partial charge in [0.2, 0.25) is 0 Å². The number of para-hydroxylation sites is 1. The van der Waals surface area contributed by atoms with E-state index in [4.69, 9.17) is 0 Å². The van der Waals surface area contributed by atoms with Gasteiger partial charge in [-0.15, -0.1) is 0 Å². The molecule has 100 valence electrons. The second-order valence-corrected chi connectivity index (χ2v) is 4.32. The van der Waals surface area contributed by atoms with Crippen LogP contribution in [-0.2, 0) is 6.54 Å². The molecule has 1 heterocycles. The number of hydrogen-bond donors (Lipinski definition) is 1. The minimum atomic E-state index is -0.261. The Morgan fingerprint density at radius 3 is 2.70 bits per heavy atom. The van der Waals surface area contributed by atoms with Crippen LogP contribution in [0.25, 0.3) is 5.69 Å². The molecule has 20 heavy (non-hydrogen) atoms. The predicted octanol–water partition coefficient (Wildman–Crippen LogP) is 3.02. The SMILES string of the molecule is Fc1cccc(NCc2cnn(-c3ccccc3)n2)c1. The van der Waals surface area contributed by atoms with Crippen LogP contribution in [0.5, 0.6) is 0 Å². The van der Waals surface area contributed by atoms with Gasteiger partial charge in [-0.25, -0.2) is 4.39 Å². The Morgan fingerprint density at radius 2 is 1.90 bits per heavy atom. The Kier molecular flexibility index (Phi) is 3.41. The van der Waals surface area contributed by atoms with Crippen molar-refractivity contribution in [1.29, 1.82) is 0 Å². The monoisotopic (exact) mass is 268 g/mol. The van der Waals surface area contributed by atoms with Crippen LogP contribution in [-0.4, -0.2) is 15.0 Å². The fourth-order valence-electron chi connectivity index (χ4n) is 1.85. The van der Waals surface area contributed by atoms with Crippen molar-refractivity contribution >= 4 is 5.69 Å². The molecule has 0 radical (unpaired) electrons. The highest BCUT2D eigenvalue weighted by molar-refractivity contribution is 5.43. The van der Waals surface area contributed by atoms with Gasteiger partial charge in [0, 0.05) is 5.69 Å². The van der Waals surface area contributed by atoms with Crippen molar-refractivity contribution in [3.63, 3.8) is 0 Å². The molecule has 4 nitrogen and oxygen atoms in total. The van der Waals surface area contributed by atoms with Crippen molar-refractivity contribution in [1.82, 2.24) is 15.0 Å². The van der Waals surface area contributed by atoms with E-state index >= 15 is 0 Å². The minimum absolute atomic E-state index is 0.261. The summed E-state index contributed by atoms with van der Waals surface area (Å²) >= 11 is 0. The van der Waals surface area contributed by atoms with Crippen LogP contribution in [0.4, 0.5) is 10.1 Å². The Bertz CT molecular complexity index is 694. The van der Waals surface area contributed by atoms with Gasteiger partial charge in [-0.05, 0) is 30.3 Å². The maximum Gasteiger partial charge on any atom is 0.125 e. The zero-order valence-corrected chi connectivity index (χ0v) is 10.7. The van der Waals surface area contributed by atoms with Gasteiger partial charge in [0.05, 0.1) is 18.4 Å². The molecule has 5 heteroatoms. The zero-order valence-electron chi connectivity index (χ0n) is 10.7. The van der Waals surface area contributed by atoms with Crippen LogP contribution >= 0.6 is 0 Å². The molecule has 0 saturated heterocycles. The van der Waals surface area contributed by atoms with Crippen molar-refractivity contribution < 1.29 is 4.39 Å². The normalized spacial score (nSPS) is 10.4. The van der Waals surface area contributed by atoms with Crippen LogP contribution in [0.15, 0.2) is 60.8 Å². The number of nitrogens with zero attached hydrogens (tertiary/aromatic N) is 3. The number of benzene rings is 2. The molecule has 0 saturated carbocycles. The highest BCUT2D eigenvalue weighted by Crippen LogP contribution is 2.10. The van der Waals surface area contributed by atoms with E-state index in [0.29, 0.717) is 6.54 Å². The molecule has 0 aliphatic carbocycles. The number of nitrogens with one attached hydrogen (secondary N) is 1. The molecule has 3 rings (SSSR count). The molecule has 2 aromatic carbocycles. The fourth-order valence-corrected chi connectivity index (χ4v) is 1.85. The first kappa shape index (κ1) is 12.3. The van der Waals surface area contributed by atoms with Gasteiger partial charge in [0.15, 0.2) is 0 Å². The molecule has 0 aliphatic rings. The molecule has 1 aromatic heterocycles. The van der Waals surface area contributed by atoms with Crippen molar-refractivity contribution in [2.45, 2.75) is 6.54 Å². The fraction of sp³-hybridized carbons (Fsp3) is 0.0667. The Hall–Kier alpha value is -2.69. The van der Waals surface area contributed by atoms with E-state index in [0.717, 1.165) is 17.1 Å². The van der Waals surface area contributed by atoms with Gasteiger partial charge >= 0.3 is 0 Å². The molecule has 0 amide bonds. The van der Waals surface area contributed by atoms with Gasteiger partial charge < -0.3 is 5.32 Å². The van der Waals surface area contributed by atoms with Crippen LogP contribution in [0.1, 0.15) is 5.69 Å². The number of anilines is 1. The molecule has 3 aromatic rings. The standard InChI is InChI=1S/C15H13FN4/c16-12-5-4-6-13(9-12)17-10-14-11-18-20(19-14)15-7-2-1-3-8-15/h1-9,11,17H,10H2. The number of aromatic nitrogens is 3. The van der Waals surface area contributed by atoms with Crippen molar-refractivity contribution in [2.75, 3.05) is 5.32 Å². The van der Waals surface area contributed by atoms with Crippen LogP contribution in [0.3, 0.4) is 0 Å². The molecular formula is C15H13FN4. The zero-order chi connectivity index (χ0) is 13.8. The van der Waals surface area contributed by atoms with Crippen molar-refractivity contribution in [2.24, 2.45) is 0 Å². The first-order chi connectivity index (χ1) is 9.81. The van der Waals surface area contributed by atoms with Gasteiger partial charge in [0.25, 0.3) is 0 Å². The van der Waals surface area contributed by atoms with Crippen LogP contribution in [0, 0.1) is 5.82 Å². The number of hydrogen-bond acceptors (Lipinski definition) is 3. The minimum Gasteiger partial charge on any atom is -0.379 e. The summed E-state index contributed by atoms with van der Waals surface area (Å²) in [5, 5.41) is 11.7. The summed E-state index contributed by atoms with van der Waals surface area (Å²) in [6.07, 6.45) is 1.69. The van der Waals surface area contributed by atoms with E-state index in [-0.39, 0.29) is 5.82 Å². The summed E-state index contributed by atoms with van der Waals surface area (Å²) in [7, 11) is 0. The van der Waals surface area contributed by atoms with Crippen molar-refractivity contribution in [3.8, 4) is 5.69 Å². The second kappa shape index (κ2) is 5.52. The Labute approximate surface area is 115 Å². The predicted molar refractivity (Wildman–Crippen MR) is 75.1 cm³/mol. The quantitative estimate of drug-likeness (QED) is 0.791. The average Bonchev–Trinajstić information content (AvgIpc) is 2.95. The summed E-state index contributed by atoms with van der Waals surface area (Å²) in [6, 6.07) is 16.0. The Morgan fingerprint density at radius 1 is 1.05 bits per heavy atom. The third kappa shape index (κ3) is 2.83. The lowest BCUT2D eigenvalue weighted by Gasteiger charge is -2.03. The van der Waals surface area contributed by atoms with Gasteiger partial charge in [-0.1, -0.05) is 24.3 Å². The van der Waals surface area contributed by atoms with Crippen LogP contribution in [0.2, 0.25) is 0 Å². The van der Waals surface area contributed by atoms with Gasteiger partial charge in [-0.2, -0.15) is 15.0 Å². The first-order valence-corrected chi connectivity index (χ1v) is 6.27. The summed E-state index contributed by atoms with van der Waals surface area (Å²) < 4.78 is 13.0. The number of rotatable bonds is 4. The lowest BCUT2D eigenvalue weighted by Crippen LogP contribution is -2.02. The molecule has 0 bridgehead atoms. The first-order valence-electron chi connectivity index (χ1n) is 6.27. The summed E-state index contributed by atoms with van der Waals surface area (Å²) in [5.41, 5.74) is 2.42. The van der Waals surface area contributed by atoms with E-state index in [1.165, 1.54) is 12.1 Å². The second-order valence-electron chi connectivity index (χ2n) is 4.32. The Balaban J connectivity index is 1.69. The van der Waals surface area contributed by atoms with E-state index in [2.05, 4.69) is 15.5 Å². The lowest BCUT2D eigenvalue weighted by atomic mass is 10.3. The largest absolute Gasteiger partial charge is 0.379 e. The maximum atomic E-state index is 13.0. The molecule has 1 N–H and O–H groups in total.